The molecule has 5 nitrogen and oxygen atoms in total. The average Bonchev–Trinajstić information content (AvgIpc) is 2.58. The fraction of sp³-hybridized carbons (Fsp3) is 0.667. The van der Waals surface area contributed by atoms with Crippen LogP contribution in [-0.4, -0.2) is 45.0 Å². The molecule has 1 rings (SSSR count). The molecule has 1 atom stereocenters. The van der Waals surface area contributed by atoms with Crippen molar-refractivity contribution in [1.29, 1.82) is 0 Å². The fourth-order valence-electron chi connectivity index (χ4n) is 1.01. The summed E-state index contributed by atoms with van der Waals surface area (Å²) in [6, 6.07) is 0. The number of esters is 1. The van der Waals surface area contributed by atoms with Crippen LogP contribution in [0.2, 0.25) is 0 Å². The van der Waals surface area contributed by atoms with Crippen molar-refractivity contribution in [3.05, 3.63) is 12.2 Å². The lowest BCUT2D eigenvalue weighted by atomic mass is 10.4. The van der Waals surface area contributed by atoms with E-state index < -0.39 is 0 Å². The molecule has 1 aliphatic rings. The van der Waals surface area contributed by atoms with Crippen molar-refractivity contribution in [1.82, 2.24) is 0 Å². The second-order valence-corrected chi connectivity index (χ2v) is 2.81. The van der Waals surface area contributed by atoms with E-state index in [2.05, 4.69) is 0 Å². The van der Waals surface area contributed by atoms with E-state index in [1.54, 1.807) is 6.08 Å². The van der Waals surface area contributed by atoms with E-state index in [0.29, 0.717) is 33.0 Å². The second-order valence-electron chi connectivity index (χ2n) is 2.81. The van der Waals surface area contributed by atoms with Crippen LogP contribution in [0.15, 0.2) is 12.2 Å². The third-order valence-corrected chi connectivity index (χ3v) is 1.63. The maximum atomic E-state index is 10.6. The van der Waals surface area contributed by atoms with Crippen molar-refractivity contribution in [2.24, 2.45) is 5.73 Å². The number of hydrogen-bond acceptors (Lipinski definition) is 5. The highest BCUT2D eigenvalue weighted by Gasteiger charge is 2.15. The molecule has 0 aromatic rings. The maximum absolute atomic E-state index is 10.6. The van der Waals surface area contributed by atoms with Gasteiger partial charge in [-0.2, -0.15) is 0 Å². The van der Waals surface area contributed by atoms with Crippen molar-refractivity contribution >= 4 is 5.97 Å². The molecule has 1 heterocycles. The molecule has 0 bridgehead atoms. The van der Waals surface area contributed by atoms with Gasteiger partial charge in [-0.05, 0) is 6.08 Å². The van der Waals surface area contributed by atoms with Gasteiger partial charge in [0.1, 0.15) is 6.10 Å². The number of rotatable bonds is 7. The Morgan fingerprint density at radius 2 is 2.14 bits per heavy atom. The standard InChI is InChI=1S/C9H15NO4/c10-3-4-12-5-6-13-7-8-1-2-9(11)14-8/h1-2,8H,3-7,10H2. The summed E-state index contributed by atoms with van der Waals surface area (Å²) in [5.74, 6) is -0.307. The van der Waals surface area contributed by atoms with E-state index in [4.69, 9.17) is 19.9 Å². The number of nitrogens with two attached hydrogens (primary N) is 1. The molecule has 0 saturated heterocycles. The molecule has 0 radical (unpaired) electrons. The molecule has 0 aromatic heterocycles. The number of carbonyl (C=O) groups excluding carboxylic acids is 1. The summed E-state index contributed by atoms with van der Waals surface area (Å²) in [7, 11) is 0. The maximum Gasteiger partial charge on any atom is 0.331 e. The van der Waals surface area contributed by atoms with Crippen molar-refractivity contribution in [3.63, 3.8) is 0 Å². The Hall–Kier alpha value is -0.910. The van der Waals surface area contributed by atoms with Crippen molar-refractivity contribution in [2.75, 3.05) is 33.0 Å². The predicted molar refractivity (Wildman–Crippen MR) is 49.7 cm³/mol. The van der Waals surface area contributed by atoms with E-state index in [1.165, 1.54) is 6.08 Å². The average molecular weight is 201 g/mol. The molecule has 0 aliphatic carbocycles. The van der Waals surface area contributed by atoms with E-state index in [9.17, 15) is 4.79 Å². The molecule has 0 saturated carbocycles. The number of carbonyl (C=O) groups is 1. The first-order valence-electron chi connectivity index (χ1n) is 4.57. The lowest BCUT2D eigenvalue weighted by Gasteiger charge is -2.09. The second kappa shape index (κ2) is 6.53. The molecule has 2 N–H and O–H groups in total. The minimum atomic E-state index is -0.307. The topological polar surface area (TPSA) is 70.8 Å². The van der Waals surface area contributed by atoms with Crippen LogP contribution >= 0.6 is 0 Å². The molecule has 0 fully saturated rings. The highest BCUT2D eigenvalue weighted by molar-refractivity contribution is 5.84. The minimum Gasteiger partial charge on any atom is -0.452 e. The summed E-state index contributed by atoms with van der Waals surface area (Å²) in [4.78, 5) is 10.6. The summed E-state index contributed by atoms with van der Waals surface area (Å²) in [5, 5.41) is 0. The molecule has 5 heteroatoms. The van der Waals surface area contributed by atoms with Crippen molar-refractivity contribution in [3.8, 4) is 0 Å². The Labute approximate surface area is 82.8 Å². The molecular weight excluding hydrogens is 186 g/mol. The third kappa shape index (κ3) is 4.36. The molecule has 1 unspecified atom stereocenters. The van der Waals surface area contributed by atoms with E-state index in [-0.39, 0.29) is 12.1 Å². The zero-order chi connectivity index (χ0) is 10.2. The SMILES string of the molecule is NCCOCCOCC1C=CC(=O)O1. The van der Waals surface area contributed by atoms with Gasteiger partial charge < -0.3 is 19.9 Å². The van der Waals surface area contributed by atoms with Crippen LogP contribution in [-0.2, 0) is 19.0 Å². The summed E-state index contributed by atoms with van der Waals surface area (Å²) in [5.41, 5.74) is 5.23. The van der Waals surface area contributed by atoms with Gasteiger partial charge in [0.05, 0.1) is 26.4 Å². The van der Waals surface area contributed by atoms with Crippen LogP contribution < -0.4 is 5.73 Å². The summed E-state index contributed by atoms with van der Waals surface area (Å²) < 4.78 is 15.2. The molecule has 0 aromatic carbocycles. The molecule has 14 heavy (non-hydrogen) atoms. The van der Waals surface area contributed by atoms with Gasteiger partial charge in [-0.3, -0.25) is 0 Å². The van der Waals surface area contributed by atoms with Crippen LogP contribution in [0.4, 0.5) is 0 Å². The predicted octanol–water partition coefficient (Wildman–Crippen LogP) is -0.540. The van der Waals surface area contributed by atoms with Crippen LogP contribution in [0.3, 0.4) is 0 Å². The van der Waals surface area contributed by atoms with Crippen LogP contribution in [0.25, 0.3) is 0 Å². The van der Waals surface area contributed by atoms with Gasteiger partial charge in [-0.1, -0.05) is 0 Å². The summed E-state index contributed by atoms with van der Waals surface area (Å²) in [6.07, 6.45) is 2.85. The summed E-state index contributed by atoms with van der Waals surface area (Å²) >= 11 is 0. The first-order chi connectivity index (χ1) is 6.83. The van der Waals surface area contributed by atoms with E-state index >= 15 is 0 Å². The Balaban J connectivity index is 1.89. The monoisotopic (exact) mass is 201 g/mol. The highest BCUT2D eigenvalue weighted by atomic mass is 16.6. The molecule has 80 valence electrons. The van der Waals surface area contributed by atoms with Gasteiger partial charge in [0.15, 0.2) is 0 Å². The quantitative estimate of drug-likeness (QED) is 0.442. The Kier molecular flexibility index (Phi) is 5.21. The fourth-order valence-corrected chi connectivity index (χ4v) is 1.01. The number of hydrogen-bond donors (Lipinski definition) is 1. The van der Waals surface area contributed by atoms with Crippen molar-refractivity contribution < 1.29 is 19.0 Å². The van der Waals surface area contributed by atoms with Gasteiger partial charge in [0.25, 0.3) is 0 Å². The van der Waals surface area contributed by atoms with Crippen LogP contribution in [0, 0.1) is 0 Å². The molecule has 0 amide bonds. The largest absolute Gasteiger partial charge is 0.452 e. The lowest BCUT2D eigenvalue weighted by molar-refractivity contribution is -0.140. The zero-order valence-electron chi connectivity index (χ0n) is 7.98. The van der Waals surface area contributed by atoms with Crippen LogP contribution in [0.5, 0.6) is 0 Å². The van der Waals surface area contributed by atoms with Gasteiger partial charge in [0, 0.05) is 12.6 Å². The normalized spacial score (nSPS) is 20.1. The molecule has 1 aliphatic heterocycles. The van der Waals surface area contributed by atoms with E-state index in [1.807, 2.05) is 0 Å². The summed E-state index contributed by atoms with van der Waals surface area (Å²) in [6.45, 7) is 2.45. The molecular formula is C9H15NO4. The zero-order valence-corrected chi connectivity index (χ0v) is 7.98. The number of ether oxygens (including phenoxy) is 3. The van der Waals surface area contributed by atoms with Gasteiger partial charge in [-0.25, -0.2) is 4.79 Å². The highest BCUT2D eigenvalue weighted by Crippen LogP contribution is 2.04. The minimum absolute atomic E-state index is 0.239. The molecule has 0 spiro atoms. The first kappa shape index (κ1) is 11.2. The number of cyclic esters (lactones) is 1. The van der Waals surface area contributed by atoms with Crippen LogP contribution in [0.1, 0.15) is 0 Å². The Bertz CT molecular complexity index is 205. The third-order valence-electron chi connectivity index (χ3n) is 1.63. The van der Waals surface area contributed by atoms with Gasteiger partial charge in [-0.15, -0.1) is 0 Å². The van der Waals surface area contributed by atoms with Crippen molar-refractivity contribution in [2.45, 2.75) is 6.10 Å². The smallest absolute Gasteiger partial charge is 0.331 e. The first-order valence-corrected chi connectivity index (χ1v) is 4.57. The lowest BCUT2D eigenvalue weighted by Crippen LogP contribution is -2.18. The van der Waals surface area contributed by atoms with E-state index in [0.717, 1.165) is 0 Å². The van der Waals surface area contributed by atoms with Gasteiger partial charge >= 0.3 is 5.97 Å². The van der Waals surface area contributed by atoms with Gasteiger partial charge in [0.2, 0.25) is 0 Å². The Morgan fingerprint density at radius 3 is 2.79 bits per heavy atom. The Morgan fingerprint density at radius 1 is 1.36 bits per heavy atom.